The summed E-state index contributed by atoms with van der Waals surface area (Å²) in [6.07, 6.45) is 0.0519. The van der Waals surface area contributed by atoms with E-state index >= 15 is 0 Å². The third-order valence-corrected chi connectivity index (χ3v) is 3.79. The number of anilines is 1. The molecule has 0 aliphatic rings. The Labute approximate surface area is 163 Å². The zero-order valence-electron chi connectivity index (χ0n) is 14.6. The minimum atomic E-state index is -0.158. The van der Waals surface area contributed by atoms with Crippen LogP contribution in [0.15, 0.2) is 46.9 Å². The quantitative estimate of drug-likeness (QED) is 0.652. The van der Waals surface area contributed by atoms with Gasteiger partial charge in [0, 0.05) is 22.3 Å². The van der Waals surface area contributed by atoms with Crippen LogP contribution in [0.1, 0.15) is 36.7 Å². The fraction of sp³-hybridized carbons (Fsp3) is 0.316. The summed E-state index contributed by atoms with van der Waals surface area (Å²) in [6.45, 7) is 7.56. The Morgan fingerprint density at radius 3 is 2.60 bits per heavy atom. The number of para-hydroxylation sites is 1. The molecule has 0 bridgehead atoms. The van der Waals surface area contributed by atoms with Crippen LogP contribution in [0.2, 0.25) is 0 Å². The second-order valence-corrected chi connectivity index (χ2v) is 6.65. The molecule has 4 nitrogen and oxygen atoms in total. The molecule has 0 aliphatic carbocycles. The van der Waals surface area contributed by atoms with Gasteiger partial charge in [-0.2, -0.15) is 0 Å². The standard InChI is InChI=1S/C19H23BrN2O2.ClH/c1-4-21-12-14-7-5-6-8-18(14)22-19(23)15-9-16(20)11-17(10-15)24-13(2)3;/h5-11,13,21H,4,12H2,1-3H3,(H,22,23);1H. The Bertz CT molecular complexity index is 708. The van der Waals surface area contributed by atoms with Gasteiger partial charge >= 0.3 is 0 Å². The maximum absolute atomic E-state index is 12.6. The van der Waals surface area contributed by atoms with Gasteiger partial charge in [-0.15, -0.1) is 12.4 Å². The number of hydrogen-bond donors (Lipinski definition) is 2. The van der Waals surface area contributed by atoms with Crippen molar-refractivity contribution in [3.63, 3.8) is 0 Å². The fourth-order valence-electron chi connectivity index (χ4n) is 2.28. The van der Waals surface area contributed by atoms with E-state index in [4.69, 9.17) is 4.74 Å². The SMILES string of the molecule is CCNCc1ccccc1NC(=O)c1cc(Br)cc(OC(C)C)c1.Cl. The topological polar surface area (TPSA) is 50.4 Å². The molecule has 2 N–H and O–H groups in total. The van der Waals surface area contributed by atoms with E-state index < -0.39 is 0 Å². The van der Waals surface area contributed by atoms with E-state index in [0.29, 0.717) is 17.9 Å². The molecule has 0 aliphatic heterocycles. The molecule has 0 saturated heterocycles. The van der Waals surface area contributed by atoms with Crippen molar-refractivity contribution in [2.75, 3.05) is 11.9 Å². The Morgan fingerprint density at radius 2 is 1.92 bits per heavy atom. The average molecular weight is 428 g/mol. The van der Waals surface area contributed by atoms with Crippen LogP contribution in [0.3, 0.4) is 0 Å². The second kappa shape index (κ2) is 10.4. The summed E-state index contributed by atoms with van der Waals surface area (Å²) >= 11 is 3.44. The molecule has 2 rings (SSSR count). The van der Waals surface area contributed by atoms with Crippen LogP contribution in [-0.2, 0) is 6.54 Å². The van der Waals surface area contributed by atoms with Crippen LogP contribution >= 0.6 is 28.3 Å². The van der Waals surface area contributed by atoms with E-state index in [2.05, 4.69) is 33.5 Å². The van der Waals surface area contributed by atoms with E-state index in [-0.39, 0.29) is 24.4 Å². The molecule has 2 aromatic carbocycles. The third-order valence-electron chi connectivity index (χ3n) is 3.34. The summed E-state index contributed by atoms with van der Waals surface area (Å²) in [6, 6.07) is 13.2. The number of ether oxygens (including phenoxy) is 1. The van der Waals surface area contributed by atoms with Gasteiger partial charge in [0.25, 0.3) is 5.91 Å². The summed E-state index contributed by atoms with van der Waals surface area (Å²) in [5, 5.41) is 6.27. The fourth-order valence-corrected chi connectivity index (χ4v) is 2.76. The monoisotopic (exact) mass is 426 g/mol. The van der Waals surface area contributed by atoms with Crippen molar-refractivity contribution in [1.29, 1.82) is 0 Å². The number of carbonyl (C=O) groups excluding carboxylic acids is 1. The van der Waals surface area contributed by atoms with Crippen LogP contribution in [0.25, 0.3) is 0 Å². The van der Waals surface area contributed by atoms with Gasteiger partial charge in [0.15, 0.2) is 0 Å². The van der Waals surface area contributed by atoms with Crippen molar-refractivity contribution in [2.24, 2.45) is 0 Å². The molecule has 6 heteroatoms. The first-order valence-corrected chi connectivity index (χ1v) is 8.86. The van der Waals surface area contributed by atoms with Crippen molar-refractivity contribution in [3.8, 4) is 5.75 Å². The zero-order chi connectivity index (χ0) is 17.5. The van der Waals surface area contributed by atoms with E-state index in [9.17, 15) is 4.79 Å². The molecule has 0 radical (unpaired) electrons. The van der Waals surface area contributed by atoms with Gasteiger partial charge in [-0.05, 0) is 50.2 Å². The first kappa shape index (κ1) is 21.5. The largest absolute Gasteiger partial charge is 0.491 e. The van der Waals surface area contributed by atoms with Gasteiger partial charge in [0.1, 0.15) is 5.75 Å². The number of hydrogen-bond acceptors (Lipinski definition) is 3. The third kappa shape index (κ3) is 6.69. The molecular formula is C19H24BrClN2O2. The highest BCUT2D eigenvalue weighted by Crippen LogP contribution is 2.24. The van der Waals surface area contributed by atoms with Gasteiger partial charge in [-0.3, -0.25) is 4.79 Å². The Morgan fingerprint density at radius 1 is 1.20 bits per heavy atom. The van der Waals surface area contributed by atoms with E-state index in [1.54, 1.807) is 12.1 Å². The first-order valence-electron chi connectivity index (χ1n) is 8.06. The highest BCUT2D eigenvalue weighted by Gasteiger charge is 2.12. The summed E-state index contributed by atoms with van der Waals surface area (Å²) < 4.78 is 6.50. The molecule has 2 aromatic rings. The molecule has 0 saturated carbocycles. The molecule has 25 heavy (non-hydrogen) atoms. The highest BCUT2D eigenvalue weighted by molar-refractivity contribution is 9.10. The number of halogens is 2. The summed E-state index contributed by atoms with van der Waals surface area (Å²) in [7, 11) is 0. The van der Waals surface area contributed by atoms with Crippen molar-refractivity contribution < 1.29 is 9.53 Å². The highest BCUT2D eigenvalue weighted by atomic mass is 79.9. The van der Waals surface area contributed by atoms with Crippen molar-refractivity contribution in [2.45, 2.75) is 33.4 Å². The molecule has 1 amide bonds. The maximum atomic E-state index is 12.6. The lowest BCUT2D eigenvalue weighted by molar-refractivity contribution is 0.102. The summed E-state index contributed by atoms with van der Waals surface area (Å²) in [4.78, 5) is 12.6. The van der Waals surface area contributed by atoms with Crippen LogP contribution in [-0.4, -0.2) is 18.6 Å². The zero-order valence-corrected chi connectivity index (χ0v) is 17.0. The predicted octanol–water partition coefficient (Wildman–Crippen LogP) is 5.02. The average Bonchev–Trinajstić information content (AvgIpc) is 2.52. The van der Waals surface area contributed by atoms with Crippen molar-refractivity contribution >= 4 is 39.9 Å². The van der Waals surface area contributed by atoms with E-state index in [1.807, 2.05) is 44.2 Å². The number of rotatable bonds is 7. The smallest absolute Gasteiger partial charge is 0.255 e. The second-order valence-electron chi connectivity index (χ2n) is 5.73. The van der Waals surface area contributed by atoms with Gasteiger partial charge in [-0.25, -0.2) is 0 Å². The molecule has 0 unspecified atom stereocenters. The van der Waals surface area contributed by atoms with Gasteiger partial charge in [-0.1, -0.05) is 41.1 Å². The van der Waals surface area contributed by atoms with Gasteiger partial charge in [0.2, 0.25) is 0 Å². The molecule has 136 valence electrons. The van der Waals surface area contributed by atoms with Gasteiger partial charge in [0.05, 0.1) is 6.10 Å². The Hall–Kier alpha value is -1.56. The molecule has 0 spiro atoms. The predicted molar refractivity (Wildman–Crippen MR) is 109 cm³/mol. The summed E-state index contributed by atoms with van der Waals surface area (Å²) in [5.74, 6) is 0.513. The molecule has 0 aromatic heterocycles. The lowest BCUT2D eigenvalue weighted by atomic mass is 10.1. The normalized spacial score (nSPS) is 10.3. The van der Waals surface area contributed by atoms with Crippen molar-refractivity contribution in [3.05, 3.63) is 58.1 Å². The maximum Gasteiger partial charge on any atom is 0.255 e. The lowest BCUT2D eigenvalue weighted by Gasteiger charge is -2.14. The van der Waals surface area contributed by atoms with E-state index in [0.717, 1.165) is 22.3 Å². The number of carbonyl (C=O) groups is 1. The Kier molecular flexibility index (Phi) is 8.97. The molecule has 0 heterocycles. The van der Waals surface area contributed by atoms with Crippen LogP contribution in [0, 0.1) is 0 Å². The Balaban J connectivity index is 0.00000312. The van der Waals surface area contributed by atoms with Crippen LogP contribution in [0.5, 0.6) is 5.75 Å². The van der Waals surface area contributed by atoms with Crippen LogP contribution < -0.4 is 15.4 Å². The lowest BCUT2D eigenvalue weighted by Crippen LogP contribution is -2.17. The minimum Gasteiger partial charge on any atom is -0.491 e. The first-order chi connectivity index (χ1) is 11.5. The number of nitrogens with one attached hydrogen (secondary N) is 2. The van der Waals surface area contributed by atoms with Crippen molar-refractivity contribution in [1.82, 2.24) is 5.32 Å². The van der Waals surface area contributed by atoms with Crippen LogP contribution in [0.4, 0.5) is 5.69 Å². The van der Waals surface area contributed by atoms with Gasteiger partial charge < -0.3 is 15.4 Å². The molecule has 0 atom stereocenters. The van der Waals surface area contributed by atoms with E-state index in [1.165, 1.54) is 0 Å². The molecular weight excluding hydrogens is 404 g/mol. The minimum absolute atomic E-state index is 0. The molecule has 0 fully saturated rings. The summed E-state index contributed by atoms with van der Waals surface area (Å²) in [5.41, 5.74) is 2.43. The number of benzene rings is 2. The number of amides is 1.